The van der Waals surface area contributed by atoms with Crippen molar-refractivity contribution in [3.8, 4) is 11.5 Å². The number of piperidine rings is 1. The highest BCUT2D eigenvalue weighted by molar-refractivity contribution is 7.16. The molecule has 2 heterocycles. The third-order valence-corrected chi connectivity index (χ3v) is 7.60. The Labute approximate surface area is 200 Å². The van der Waals surface area contributed by atoms with Crippen LogP contribution in [0.5, 0.6) is 11.5 Å². The molecule has 1 aliphatic heterocycles. The van der Waals surface area contributed by atoms with E-state index in [0.29, 0.717) is 5.56 Å². The predicted molar refractivity (Wildman–Crippen MR) is 135 cm³/mol. The van der Waals surface area contributed by atoms with Crippen molar-refractivity contribution >= 4 is 22.2 Å². The Morgan fingerprint density at radius 1 is 1.00 bits per heavy atom. The maximum absolute atomic E-state index is 13.1. The minimum atomic E-state index is -0.0859. The molecule has 1 fully saturated rings. The first-order valence-corrected chi connectivity index (χ1v) is 12.3. The average molecular weight is 465 g/mol. The second-order valence-electron chi connectivity index (χ2n) is 8.45. The molecule has 0 bridgehead atoms. The summed E-state index contributed by atoms with van der Waals surface area (Å²) in [6, 6.07) is 15.4. The number of nitrogens with zero attached hydrogens (tertiary/aromatic N) is 1. The molecule has 0 radical (unpaired) electrons. The number of carbonyl (C=O) groups is 1. The third kappa shape index (κ3) is 4.92. The Morgan fingerprint density at radius 3 is 2.39 bits per heavy atom. The second kappa shape index (κ2) is 10.4. The van der Waals surface area contributed by atoms with Gasteiger partial charge in [-0.15, -0.1) is 11.3 Å². The van der Waals surface area contributed by atoms with E-state index in [1.807, 2.05) is 42.5 Å². The molecule has 33 heavy (non-hydrogen) atoms. The molecule has 0 aliphatic carbocycles. The molecule has 0 saturated carbocycles. The van der Waals surface area contributed by atoms with Gasteiger partial charge >= 0.3 is 0 Å². The zero-order valence-electron chi connectivity index (χ0n) is 19.8. The van der Waals surface area contributed by atoms with Crippen molar-refractivity contribution in [2.45, 2.75) is 39.2 Å². The summed E-state index contributed by atoms with van der Waals surface area (Å²) in [5.74, 6) is 1.48. The van der Waals surface area contributed by atoms with Gasteiger partial charge in [0.1, 0.15) is 16.5 Å². The van der Waals surface area contributed by atoms with Crippen molar-refractivity contribution in [3.63, 3.8) is 0 Å². The van der Waals surface area contributed by atoms with E-state index < -0.39 is 0 Å². The van der Waals surface area contributed by atoms with Gasteiger partial charge in [0.15, 0.2) is 0 Å². The fourth-order valence-electron chi connectivity index (χ4n) is 4.59. The number of anilines is 1. The number of amides is 1. The lowest BCUT2D eigenvalue weighted by atomic mass is 9.92. The number of carbonyl (C=O) groups excluding carboxylic acids is 1. The lowest BCUT2D eigenvalue weighted by Crippen LogP contribution is -2.35. The molecule has 1 saturated heterocycles. The number of thiophene rings is 1. The summed E-state index contributed by atoms with van der Waals surface area (Å²) in [6.07, 6.45) is 3.59. The minimum Gasteiger partial charge on any atom is -0.497 e. The molecule has 3 aromatic rings. The van der Waals surface area contributed by atoms with Crippen molar-refractivity contribution in [1.82, 2.24) is 4.90 Å². The van der Waals surface area contributed by atoms with E-state index in [4.69, 9.17) is 9.47 Å². The highest BCUT2D eigenvalue weighted by Gasteiger charge is 2.32. The number of likely N-dealkylation sites (tertiary alicyclic amines) is 1. The normalized spacial score (nSPS) is 15.2. The first-order valence-electron chi connectivity index (χ1n) is 11.5. The quantitative estimate of drug-likeness (QED) is 0.452. The number of ether oxygens (including phenoxy) is 2. The molecule has 1 N–H and O–H groups in total. The van der Waals surface area contributed by atoms with E-state index in [9.17, 15) is 4.79 Å². The molecule has 1 atom stereocenters. The number of methoxy groups -OCH3 is 2. The summed E-state index contributed by atoms with van der Waals surface area (Å²) in [6.45, 7) is 6.31. The fraction of sp³-hybridized carbons (Fsp3) is 0.370. The second-order valence-corrected chi connectivity index (χ2v) is 9.68. The summed E-state index contributed by atoms with van der Waals surface area (Å²) in [4.78, 5) is 16.8. The first-order chi connectivity index (χ1) is 16.0. The molecule has 174 valence electrons. The van der Waals surface area contributed by atoms with Crippen molar-refractivity contribution in [1.29, 1.82) is 0 Å². The monoisotopic (exact) mass is 464 g/mol. The van der Waals surface area contributed by atoms with Gasteiger partial charge in [-0.3, -0.25) is 9.69 Å². The van der Waals surface area contributed by atoms with Gasteiger partial charge in [-0.1, -0.05) is 24.6 Å². The van der Waals surface area contributed by atoms with Crippen molar-refractivity contribution in [3.05, 3.63) is 75.7 Å². The Bertz CT molecular complexity index is 1100. The molecule has 1 amide bonds. The highest BCUT2D eigenvalue weighted by atomic mass is 32.1. The highest BCUT2D eigenvalue weighted by Crippen LogP contribution is 2.46. The summed E-state index contributed by atoms with van der Waals surface area (Å²) in [5.41, 5.74) is 4.13. The van der Waals surface area contributed by atoms with Crippen LogP contribution in [0.1, 0.15) is 57.2 Å². The van der Waals surface area contributed by atoms with Gasteiger partial charge < -0.3 is 14.8 Å². The zero-order chi connectivity index (χ0) is 23.4. The molecular weight excluding hydrogens is 432 g/mol. The summed E-state index contributed by atoms with van der Waals surface area (Å²) >= 11 is 1.65. The smallest absolute Gasteiger partial charge is 0.256 e. The zero-order valence-corrected chi connectivity index (χ0v) is 20.6. The number of aryl methyl sites for hydroxylation is 1. The summed E-state index contributed by atoms with van der Waals surface area (Å²) in [7, 11) is 3.37. The van der Waals surface area contributed by atoms with Gasteiger partial charge in [-0.25, -0.2) is 0 Å². The Balaban J connectivity index is 1.82. The van der Waals surface area contributed by atoms with E-state index in [1.54, 1.807) is 25.6 Å². The van der Waals surface area contributed by atoms with Gasteiger partial charge in [-0.2, -0.15) is 0 Å². The lowest BCUT2D eigenvalue weighted by molar-refractivity contribution is 0.102. The largest absolute Gasteiger partial charge is 0.497 e. The standard InChI is InChI=1S/C27H32N2O3S/c1-18-19(2)33-27(28-26(30)20-11-7-5-8-12-20)24(18)25(29-15-9-6-10-16-29)22-14-13-21(31-3)17-23(22)32-4/h5,7-8,11-14,17,25H,6,9-10,15-16H2,1-4H3,(H,28,30). The molecule has 1 unspecified atom stereocenters. The molecule has 2 aromatic carbocycles. The van der Waals surface area contributed by atoms with Gasteiger partial charge in [0.25, 0.3) is 5.91 Å². The number of benzene rings is 2. The number of hydrogen-bond donors (Lipinski definition) is 1. The van der Waals surface area contributed by atoms with Crippen LogP contribution in [-0.4, -0.2) is 38.1 Å². The van der Waals surface area contributed by atoms with E-state index in [1.165, 1.54) is 29.7 Å². The van der Waals surface area contributed by atoms with Crippen LogP contribution in [0, 0.1) is 13.8 Å². The third-order valence-electron chi connectivity index (χ3n) is 6.46. The van der Waals surface area contributed by atoms with E-state index in [-0.39, 0.29) is 11.9 Å². The number of rotatable bonds is 7. The van der Waals surface area contributed by atoms with Crippen molar-refractivity contribution < 1.29 is 14.3 Å². The molecular formula is C27H32N2O3S. The molecule has 1 aliphatic rings. The summed E-state index contributed by atoms with van der Waals surface area (Å²) in [5, 5.41) is 4.13. The molecule has 1 aromatic heterocycles. The van der Waals surface area contributed by atoms with E-state index in [0.717, 1.165) is 40.7 Å². The minimum absolute atomic E-state index is 0.0119. The molecule has 6 heteroatoms. The Morgan fingerprint density at radius 2 is 1.73 bits per heavy atom. The maximum Gasteiger partial charge on any atom is 0.256 e. The molecule has 5 nitrogen and oxygen atoms in total. The fourth-order valence-corrected chi connectivity index (χ4v) is 5.67. The number of nitrogens with one attached hydrogen (secondary N) is 1. The van der Waals surface area contributed by atoms with E-state index >= 15 is 0 Å². The van der Waals surface area contributed by atoms with Crippen molar-refractivity contribution in [2.24, 2.45) is 0 Å². The number of hydrogen-bond acceptors (Lipinski definition) is 5. The predicted octanol–water partition coefficient (Wildman–Crippen LogP) is 6.21. The van der Waals surface area contributed by atoms with Gasteiger partial charge in [0.2, 0.25) is 0 Å². The van der Waals surface area contributed by atoms with Crippen LogP contribution < -0.4 is 14.8 Å². The van der Waals surface area contributed by atoms with Crippen molar-refractivity contribution in [2.75, 3.05) is 32.6 Å². The van der Waals surface area contributed by atoms with Crippen LogP contribution >= 0.6 is 11.3 Å². The van der Waals surface area contributed by atoms with Crippen LogP contribution in [0.25, 0.3) is 0 Å². The maximum atomic E-state index is 13.1. The van der Waals surface area contributed by atoms with E-state index in [2.05, 4.69) is 30.1 Å². The summed E-state index contributed by atoms with van der Waals surface area (Å²) < 4.78 is 11.3. The SMILES string of the molecule is COc1ccc(C(c2c(NC(=O)c3ccccc3)sc(C)c2C)N2CCCCC2)c(OC)c1. The lowest BCUT2D eigenvalue weighted by Gasteiger charge is -2.36. The Hall–Kier alpha value is -2.83. The Kier molecular flexibility index (Phi) is 7.36. The van der Waals surface area contributed by atoms with Crippen LogP contribution in [0.4, 0.5) is 5.00 Å². The molecule has 0 spiro atoms. The van der Waals surface area contributed by atoms with Gasteiger partial charge in [0.05, 0.1) is 20.3 Å². The van der Waals surface area contributed by atoms with Crippen LogP contribution in [0.15, 0.2) is 48.5 Å². The first kappa shape index (κ1) is 23.3. The average Bonchev–Trinajstić information content (AvgIpc) is 3.13. The molecule has 4 rings (SSSR count). The van der Waals surface area contributed by atoms with Crippen LogP contribution in [0.3, 0.4) is 0 Å². The topological polar surface area (TPSA) is 50.8 Å². The van der Waals surface area contributed by atoms with Crippen LogP contribution in [0.2, 0.25) is 0 Å². The van der Waals surface area contributed by atoms with Crippen LogP contribution in [-0.2, 0) is 0 Å². The van der Waals surface area contributed by atoms with Gasteiger partial charge in [0, 0.05) is 27.6 Å². The van der Waals surface area contributed by atoms with Gasteiger partial charge in [-0.05, 0) is 69.6 Å².